The SMILES string of the molecule is COc1cc(-c2cn(COCC[Si](C)(C)C)cn2)c(Br)cc1Cl. The minimum atomic E-state index is -1.05. The predicted octanol–water partition coefficient (Wildman–Crippen LogP) is 5.29. The van der Waals surface area contributed by atoms with Crippen molar-refractivity contribution in [3.05, 3.63) is 34.2 Å². The van der Waals surface area contributed by atoms with E-state index in [1.165, 1.54) is 0 Å². The molecule has 2 aromatic rings. The normalized spacial score (nSPS) is 11.7. The molecule has 2 rings (SSSR count). The third-order valence-corrected chi connectivity index (χ3v) is 6.04. The van der Waals surface area contributed by atoms with E-state index in [9.17, 15) is 0 Å². The van der Waals surface area contributed by atoms with Gasteiger partial charge in [-0.2, -0.15) is 0 Å². The van der Waals surface area contributed by atoms with Gasteiger partial charge in [-0.25, -0.2) is 4.98 Å². The van der Waals surface area contributed by atoms with Gasteiger partial charge in [-0.1, -0.05) is 47.2 Å². The minimum absolute atomic E-state index is 0.514. The van der Waals surface area contributed by atoms with Crippen molar-refractivity contribution in [1.29, 1.82) is 0 Å². The molecule has 0 amide bonds. The highest BCUT2D eigenvalue weighted by Gasteiger charge is 2.13. The summed E-state index contributed by atoms with van der Waals surface area (Å²) < 4.78 is 13.8. The number of hydrogen-bond acceptors (Lipinski definition) is 3. The summed E-state index contributed by atoms with van der Waals surface area (Å²) in [5.41, 5.74) is 1.78. The average Bonchev–Trinajstić information content (AvgIpc) is 2.91. The summed E-state index contributed by atoms with van der Waals surface area (Å²) in [4.78, 5) is 4.44. The molecule has 23 heavy (non-hydrogen) atoms. The fourth-order valence-corrected chi connectivity index (χ4v) is 3.68. The van der Waals surface area contributed by atoms with Gasteiger partial charge >= 0.3 is 0 Å². The predicted molar refractivity (Wildman–Crippen MR) is 101 cm³/mol. The quantitative estimate of drug-likeness (QED) is 0.454. The van der Waals surface area contributed by atoms with Crippen molar-refractivity contribution in [3.8, 4) is 17.0 Å². The number of nitrogens with zero attached hydrogens (tertiary/aromatic N) is 2. The number of imidazole rings is 1. The highest BCUT2D eigenvalue weighted by Crippen LogP contribution is 2.36. The van der Waals surface area contributed by atoms with Crippen molar-refractivity contribution in [2.45, 2.75) is 32.4 Å². The molecule has 126 valence electrons. The molecule has 0 unspecified atom stereocenters. The molecule has 0 radical (unpaired) electrons. The van der Waals surface area contributed by atoms with E-state index in [1.54, 1.807) is 13.4 Å². The molecule has 1 heterocycles. The third kappa shape index (κ3) is 5.34. The van der Waals surface area contributed by atoms with Crippen LogP contribution < -0.4 is 4.74 Å². The van der Waals surface area contributed by atoms with Crippen LogP contribution >= 0.6 is 27.5 Å². The van der Waals surface area contributed by atoms with Crippen LogP contribution in [0.4, 0.5) is 0 Å². The Hall–Kier alpha value is -0.823. The zero-order valence-electron chi connectivity index (χ0n) is 13.9. The van der Waals surface area contributed by atoms with Crippen molar-refractivity contribution < 1.29 is 9.47 Å². The van der Waals surface area contributed by atoms with Gasteiger partial charge in [0.1, 0.15) is 12.5 Å². The summed E-state index contributed by atoms with van der Waals surface area (Å²) in [5, 5.41) is 0.567. The molecule has 1 aromatic carbocycles. The van der Waals surface area contributed by atoms with Crippen LogP contribution in [0.15, 0.2) is 29.1 Å². The number of aromatic nitrogens is 2. The van der Waals surface area contributed by atoms with E-state index >= 15 is 0 Å². The Morgan fingerprint density at radius 3 is 2.70 bits per heavy atom. The van der Waals surface area contributed by atoms with Gasteiger partial charge in [-0.05, 0) is 18.2 Å². The molecular formula is C16H22BrClN2O2Si. The van der Waals surface area contributed by atoms with E-state index in [2.05, 4.69) is 40.6 Å². The Bertz CT molecular complexity index is 671. The summed E-state index contributed by atoms with van der Waals surface area (Å²) in [6.07, 6.45) is 3.74. The van der Waals surface area contributed by atoms with E-state index in [4.69, 9.17) is 21.1 Å². The number of hydrogen-bond donors (Lipinski definition) is 0. The standard InChI is InChI=1S/C16H22BrClN2O2Si/c1-21-16-7-12(13(17)8-14(16)18)15-9-20(10-19-15)11-22-5-6-23(2,3)4/h7-10H,5-6,11H2,1-4H3. The van der Waals surface area contributed by atoms with Crippen LogP contribution in [0.25, 0.3) is 11.3 Å². The molecule has 0 saturated heterocycles. The van der Waals surface area contributed by atoms with E-state index in [0.717, 1.165) is 28.4 Å². The number of benzene rings is 1. The van der Waals surface area contributed by atoms with Crippen molar-refractivity contribution >= 4 is 35.6 Å². The van der Waals surface area contributed by atoms with E-state index in [-0.39, 0.29) is 0 Å². The summed E-state index contributed by atoms with van der Waals surface area (Å²) in [6, 6.07) is 4.86. The lowest BCUT2D eigenvalue weighted by atomic mass is 10.1. The van der Waals surface area contributed by atoms with Crippen molar-refractivity contribution in [2.75, 3.05) is 13.7 Å². The maximum Gasteiger partial charge on any atom is 0.138 e. The molecular weight excluding hydrogens is 396 g/mol. The number of ether oxygens (including phenoxy) is 2. The summed E-state index contributed by atoms with van der Waals surface area (Å²) >= 11 is 9.64. The van der Waals surface area contributed by atoms with E-state index < -0.39 is 8.07 Å². The number of rotatable bonds is 7. The molecule has 0 aliphatic rings. The van der Waals surface area contributed by atoms with Crippen LogP contribution in [0, 0.1) is 0 Å². The molecule has 1 aromatic heterocycles. The topological polar surface area (TPSA) is 36.3 Å². The summed E-state index contributed by atoms with van der Waals surface area (Å²) in [7, 11) is 0.552. The Morgan fingerprint density at radius 2 is 2.04 bits per heavy atom. The fraction of sp³-hybridized carbons (Fsp3) is 0.438. The second kappa shape index (κ2) is 7.83. The number of methoxy groups -OCH3 is 1. The van der Waals surface area contributed by atoms with E-state index in [1.807, 2.05) is 22.9 Å². The maximum atomic E-state index is 6.12. The van der Waals surface area contributed by atoms with Gasteiger partial charge in [-0.15, -0.1) is 0 Å². The van der Waals surface area contributed by atoms with Gasteiger partial charge in [0.15, 0.2) is 0 Å². The Labute approximate surface area is 151 Å². The molecule has 0 aliphatic heterocycles. The van der Waals surface area contributed by atoms with Crippen LogP contribution in [-0.2, 0) is 11.5 Å². The first-order valence-corrected chi connectivity index (χ1v) is 12.3. The lowest BCUT2D eigenvalue weighted by Gasteiger charge is -2.15. The van der Waals surface area contributed by atoms with Crippen LogP contribution in [-0.4, -0.2) is 31.3 Å². The smallest absolute Gasteiger partial charge is 0.138 e. The fourth-order valence-electron chi connectivity index (χ4n) is 2.00. The lowest BCUT2D eigenvalue weighted by Crippen LogP contribution is -2.21. The molecule has 7 heteroatoms. The van der Waals surface area contributed by atoms with Crippen LogP contribution in [0.3, 0.4) is 0 Å². The second-order valence-electron chi connectivity index (χ2n) is 6.59. The zero-order chi connectivity index (χ0) is 17.0. The van der Waals surface area contributed by atoms with Gasteiger partial charge in [0.05, 0.1) is 24.2 Å². The summed E-state index contributed by atoms with van der Waals surface area (Å²) in [6.45, 7) is 8.34. The Kier molecular flexibility index (Phi) is 6.31. The zero-order valence-corrected chi connectivity index (χ0v) is 17.2. The molecule has 0 atom stereocenters. The van der Waals surface area contributed by atoms with Gasteiger partial charge in [0.25, 0.3) is 0 Å². The Morgan fingerprint density at radius 1 is 1.30 bits per heavy atom. The highest BCUT2D eigenvalue weighted by atomic mass is 79.9. The molecule has 0 saturated carbocycles. The number of halogens is 2. The monoisotopic (exact) mass is 416 g/mol. The van der Waals surface area contributed by atoms with Gasteiger partial charge in [0, 0.05) is 30.9 Å². The molecule has 0 fully saturated rings. The highest BCUT2D eigenvalue weighted by molar-refractivity contribution is 9.10. The molecule has 0 bridgehead atoms. The summed E-state index contributed by atoms with van der Waals surface area (Å²) in [5.74, 6) is 0.630. The average molecular weight is 418 g/mol. The third-order valence-electron chi connectivity index (χ3n) is 3.39. The van der Waals surface area contributed by atoms with Crippen molar-refractivity contribution in [1.82, 2.24) is 9.55 Å². The van der Waals surface area contributed by atoms with Gasteiger partial charge in [0.2, 0.25) is 0 Å². The first-order valence-electron chi connectivity index (χ1n) is 7.43. The maximum absolute atomic E-state index is 6.12. The van der Waals surface area contributed by atoms with Crippen LogP contribution in [0.1, 0.15) is 0 Å². The molecule has 0 spiro atoms. The second-order valence-corrected chi connectivity index (χ2v) is 13.5. The van der Waals surface area contributed by atoms with Crippen LogP contribution in [0.2, 0.25) is 30.7 Å². The minimum Gasteiger partial charge on any atom is -0.495 e. The van der Waals surface area contributed by atoms with Crippen molar-refractivity contribution in [3.63, 3.8) is 0 Å². The molecule has 0 N–H and O–H groups in total. The van der Waals surface area contributed by atoms with Gasteiger partial charge < -0.3 is 14.0 Å². The largest absolute Gasteiger partial charge is 0.495 e. The van der Waals surface area contributed by atoms with Gasteiger partial charge in [-0.3, -0.25) is 0 Å². The molecule has 0 aliphatic carbocycles. The first kappa shape index (κ1) is 18.5. The first-order chi connectivity index (χ1) is 10.8. The Balaban J connectivity index is 2.05. The molecule has 4 nitrogen and oxygen atoms in total. The van der Waals surface area contributed by atoms with E-state index in [0.29, 0.717) is 17.5 Å². The lowest BCUT2D eigenvalue weighted by molar-refractivity contribution is 0.0872. The van der Waals surface area contributed by atoms with Crippen LogP contribution in [0.5, 0.6) is 5.75 Å². The van der Waals surface area contributed by atoms with Crippen molar-refractivity contribution in [2.24, 2.45) is 0 Å².